The Morgan fingerprint density at radius 3 is 2.62 bits per heavy atom. The molecule has 0 aromatic heterocycles. The summed E-state index contributed by atoms with van der Waals surface area (Å²) < 4.78 is 0. The first-order valence-electron chi connectivity index (χ1n) is 6.19. The first-order valence-corrected chi connectivity index (χ1v) is 7.34. The maximum atomic E-state index is 3.48. The van der Waals surface area contributed by atoms with Gasteiger partial charge in [0.2, 0.25) is 0 Å². The van der Waals surface area contributed by atoms with E-state index in [1.807, 2.05) is 0 Å². The first kappa shape index (κ1) is 12.0. The van der Waals surface area contributed by atoms with Gasteiger partial charge in [-0.3, -0.25) is 0 Å². The van der Waals surface area contributed by atoms with E-state index in [0.29, 0.717) is 6.04 Å². The zero-order valence-electron chi connectivity index (χ0n) is 10.2. The highest BCUT2D eigenvalue weighted by Gasteiger charge is 2.25. The standard InChI is InChI=1S/C14H21NS/c1-3-11-4-6-12(7-5-11)14(15-2)13-8-9-16-10-13/h4-7,13-15H,3,8-10H2,1-2H3. The van der Waals surface area contributed by atoms with Gasteiger partial charge in [-0.1, -0.05) is 31.2 Å². The Bertz CT molecular complexity index is 314. The van der Waals surface area contributed by atoms with Crippen LogP contribution in [-0.2, 0) is 6.42 Å². The summed E-state index contributed by atoms with van der Waals surface area (Å²) in [5.41, 5.74) is 2.88. The Hall–Kier alpha value is -0.470. The Morgan fingerprint density at radius 1 is 1.38 bits per heavy atom. The normalized spacial score (nSPS) is 22.2. The van der Waals surface area contributed by atoms with Crippen LogP contribution in [0.5, 0.6) is 0 Å². The van der Waals surface area contributed by atoms with Gasteiger partial charge in [-0.15, -0.1) is 0 Å². The predicted molar refractivity (Wildman–Crippen MR) is 73.1 cm³/mol. The van der Waals surface area contributed by atoms with Gasteiger partial charge in [0.15, 0.2) is 0 Å². The van der Waals surface area contributed by atoms with Crippen LogP contribution in [0.1, 0.15) is 30.5 Å². The molecule has 2 unspecified atom stereocenters. The minimum atomic E-state index is 0.543. The number of hydrogen-bond acceptors (Lipinski definition) is 2. The van der Waals surface area contributed by atoms with Crippen LogP contribution in [0, 0.1) is 5.92 Å². The molecule has 1 aromatic carbocycles. The van der Waals surface area contributed by atoms with Crippen molar-refractivity contribution < 1.29 is 0 Å². The van der Waals surface area contributed by atoms with Gasteiger partial charge in [-0.25, -0.2) is 0 Å². The van der Waals surface area contributed by atoms with Crippen LogP contribution in [0.15, 0.2) is 24.3 Å². The molecule has 1 nitrogen and oxygen atoms in total. The monoisotopic (exact) mass is 235 g/mol. The molecule has 0 amide bonds. The molecule has 1 aliphatic rings. The van der Waals surface area contributed by atoms with E-state index in [1.165, 1.54) is 29.1 Å². The summed E-state index contributed by atoms with van der Waals surface area (Å²) >= 11 is 2.09. The second-order valence-electron chi connectivity index (χ2n) is 4.49. The van der Waals surface area contributed by atoms with E-state index in [9.17, 15) is 0 Å². The average Bonchev–Trinajstić information content (AvgIpc) is 2.85. The second-order valence-corrected chi connectivity index (χ2v) is 5.63. The van der Waals surface area contributed by atoms with Crippen LogP contribution in [0.2, 0.25) is 0 Å². The summed E-state index contributed by atoms with van der Waals surface area (Å²) in [6.45, 7) is 2.21. The topological polar surface area (TPSA) is 12.0 Å². The third kappa shape index (κ3) is 2.61. The number of rotatable bonds is 4. The van der Waals surface area contributed by atoms with Gasteiger partial charge in [0.1, 0.15) is 0 Å². The smallest absolute Gasteiger partial charge is 0.0354 e. The lowest BCUT2D eigenvalue weighted by Crippen LogP contribution is -2.25. The number of aryl methyl sites for hydroxylation is 1. The van der Waals surface area contributed by atoms with Crippen LogP contribution in [0.3, 0.4) is 0 Å². The summed E-state index contributed by atoms with van der Waals surface area (Å²) in [4.78, 5) is 0. The van der Waals surface area contributed by atoms with Crippen molar-refractivity contribution in [3.05, 3.63) is 35.4 Å². The van der Waals surface area contributed by atoms with Crippen LogP contribution < -0.4 is 5.32 Å². The minimum Gasteiger partial charge on any atom is -0.313 e. The maximum absolute atomic E-state index is 3.48. The third-order valence-electron chi connectivity index (χ3n) is 3.49. The van der Waals surface area contributed by atoms with Crippen LogP contribution >= 0.6 is 11.8 Å². The predicted octanol–water partition coefficient (Wildman–Crippen LogP) is 3.26. The van der Waals surface area contributed by atoms with Crippen molar-refractivity contribution in [1.82, 2.24) is 5.32 Å². The molecule has 0 radical (unpaired) electrons. The molecule has 0 bridgehead atoms. The number of hydrogen-bond donors (Lipinski definition) is 1. The number of nitrogens with one attached hydrogen (secondary N) is 1. The molecule has 1 N–H and O–H groups in total. The summed E-state index contributed by atoms with van der Waals surface area (Å²) in [6, 6.07) is 9.66. The molecule has 88 valence electrons. The zero-order valence-corrected chi connectivity index (χ0v) is 11.0. The lowest BCUT2D eigenvalue weighted by atomic mass is 9.92. The van der Waals surface area contributed by atoms with Crippen molar-refractivity contribution in [3.63, 3.8) is 0 Å². The van der Waals surface area contributed by atoms with Crippen molar-refractivity contribution in [3.8, 4) is 0 Å². The van der Waals surface area contributed by atoms with E-state index in [1.54, 1.807) is 0 Å². The maximum Gasteiger partial charge on any atom is 0.0354 e. The summed E-state index contributed by atoms with van der Waals surface area (Å²) in [6.07, 6.45) is 2.48. The fourth-order valence-corrected chi connectivity index (χ4v) is 3.75. The number of benzene rings is 1. The molecule has 1 aliphatic heterocycles. The molecule has 2 rings (SSSR count). The van der Waals surface area contributed by atoms with Crippen molar-refractivity contribution in [2.75, 3.05) is 18.6 Å². The average molecular weight is 235 g/mol. The van der Waals surface area contributed by atoms with E-state index in [0.717, 1.165) is 12.3 Å². The van der Waals surface area contributed by atoms with E-state index in [2.05, 4.69) is 55.3 Å². The quantitative estimate of drug-likeness (QED) is 0.859. The largest absolute Gasteiger partial charge is 0.313 e. The molecule has 1 heterocycles. The molecule has 1 saturated heterocycles. The molecule has 0 aliphatic carbocycles. The fourth-order valence-electron chi connectivity index (χ4n) is 2.45. The minimum absolute atomic E-state index is 0.543. The number of thioether (sulfide) groups is 1. The Balaban J connectivity index is 2.12. The van der Waals surface area contributed by atoms with Gasteiger partial charge in [0, 0.05) is 6.04 Å². The van der Waals surface area contributed by atoms with Crippen LogP contribution in [0.25, 0.3) is 0 Å². The van der Waals surface area contributed by atoms with Crippen molar-refractivity contribution in [2.45, 2.75) is 25.8 Å². The first-order chi connectivity index (χ1) is 7.85. The molecule has 1 aromatic rings. The molecule has 2 atom stereocenters. The summed E-state index contributed by atoms with van der Waals surface area (Å²) in [7, 11) is 2.08. The molecular weight excluding hydrogens is 214 g/mol. The molecule has 0 saturated carbocycles. The molecular formula is C14H21NS. The van der Waals surface area contributed by atoms with Gasteiger partial charge >= 0.3 is 0 Å². The highest BCUT2D eigenvalue weighted by Crippen LogP contribution is 2.33. The van der Waals surface area contributed by atoms with E-state index < -0.39 is 0 Å². The zero-order chi connectivity index (χ0) is 11.4. The Morgan fingerprint density at radius 2 is 2.12 bits per heavy atom. The van der Waals surface area contributed by atoms with E-state index >= 15 is 0 Å². The van der Waals surface area contributed by atoms with Gasteiger partial charge in [0.25, 0.3) is 0 Å². The molecule has 0 spiro atoms. The lowest BCUT2D eigenvalue weighted by molar-refractivity contribution is 0.420. The van der Waals surface area contributed by atoms with Crippen LogP contribution in [0.4, 0.5) is 0 Å². The Labute approximate surface area is 103 Å². The summed E-state index contributed by atoms with van der Waals surface area (Å²) in [5, 5.41) is 3.48. The molecule has 16 heavy (non-hydrogen) atoms. The highest BCUT2D eigenvalue weighted by atomic mass is 32.2. The van der Waals surface area contributed by atoms with Crippen molar-refractivity contribution in [1.29, 1.82) is 0 Å². The van der Waals surface area contributed by atoms with E-state index in [-0.39, 0.29) is 0 Å². The van der Waals surface area contributed by atoms with Crippen molar-refractivity contribution in [2.24, 2.45) is 5.92 Å². The Kier molecular flexibility index (Phi) is 4.30. The summed E-state index contributed by atoms with van der Waals surface area (Å²) in [5.74, 6) is 3.44. The van der Waals surface area contributed by atoms with Gasteiger partial charge in [0.05, 0.1) is 0 Å². The van der Waals surface area contributed by atoms with Crippen molar-refractivity contribution >= 4 is 11.8 Å². The molecule has 2 heteroatoms. The van der Waals surface area contributed by atoms with Gasteiger partial charge < -0.3 is 5.32 Å². The third-order valence-corrected chi connectivity index (χ3v) is 4.68. The molecule has 1 fully saturated rings. The van der Waals surface area contributed by atoms with Gasteiger partial charge in [-0.2, -0.15) is 11.8 Å². The fraction of sp³-hybridized carbons (Fsp3) is 0.571. The lowest BCUT2D eigenvalue weighted by Gasteiger charge is -2.23. The SMILES string of the molecule is CCc1ccc(C(NC)C2CCSC2)cc1. The highest BCUT2D eigenvalue weighted by molar-refractivity contribution is 7.99. The van der Waals surface area contributed by atoms with Crippen LogP contribution in [-0.4, -0.2) is 18.6 Å². The van der Waals surface area contributed by atoms with E-state index in [4.69, 9.17) is 0 Å². The van der Waals surface area contributed by atoms with Gasteiger partial charge in [-0.05, 0) is 48.4 Å². The second kappa shape index (κ2) is 5.74.